The highest BCUT2D eigenvalue weighted by molar-refractivity contribution is 8.13. The van der Waals surface area contributed by atoms with Crippen molar-refractivity contribution in [3.05, 3.63) is 29.3 Å². The Kier molecular flexibility index (Phi) is 3.78. The lowest BCUT2D eigenvalue weighted by Crippen LogP contribution is -2.39. The molecule has 0 atom stereocenters. The number of carbonyl (C=O) groups excluding carboxylic acids is 1. The van der Waals surface area contributed by atoms with Gasteiger partial charge in [-0.2, -0.15) is 0 Å². The standard InChI is InChI=1S/C11H10ClF2NO3S/c12-19(17,18)7-4-8(10(14)9(13)5-7)11(16)15-6-2-1-3-6/h4-6H,1-3H2,(H,15,16). The van der Waals surface area contributed by atoms with Gasteiger partial charge in [0, 0.05) is 16.7 Å². The van der Waals surface area contributed by atoms with Crippen molar-refractivity contribution in [2.24, 2.45) is 0 Å². The average molecular weight is 310 g/mol. The summed E-state index contributed by atoms with van der Waals surface area (Å²) in [7, 11) is 0.823. The number of benzene rings is 1. The first-order chi connectivity index (χ1) is 8.79. The third-order valence-corrected chi connectivity index (χ3v) is 4.30. The molecule has 1 amide bonds. The Morgan fingerprint density at radius 2 is 1.95 bits per heavy atom. The largest absolute Gasteiger partial charge is 0.349 e. The van der Waals surface area contributed by atoms with Crippen LogP contribution in [0.4, 0.5) is 8.78 Å². The van der Waals surface area contributed by atoms with Crippen molar-refractivity contribution in [3.8, 4) is 0 Å². The van der Waals surface area contributed by atoms with Gasteiger partial charge in [-0.3, -0.25) is 4.79 Å². The van der Waals surface area contributed by atoms with Crippen LogP contribution in [0.5, 0.6) is 0 Å². The van der Waals surface area contributed by atoms with Crippen molar-refractivity contribution in [1.29, 1.82) is 0 Å². The maximum atomic E-state index is 13.5. The number of nitrogens with one attached hydrogen (secondary N) is 1. The molecule has 0 bridgehead atoms. The molecule has 8 heteroatoms. The van der Waals surface area contributed by atoms with E-state index in [-0.39, 0.29) is 6.04 Å². The molecule has 1 saturated carbocycles. The van der Waals surface area contributed by atoms with Crippen LogP contribution in [0.3, 0.4) is 0 Å². The summed E-state index contributed by atoms with van der Waals surface area (Å²) in [4.78, 5) is 11.1. The summed E-state index contributed by atoms with van der Waals surface area (Å²) in [6.07, 6.45) is 2.49. The molecule has 2 rings (SSSR count). The Balaban J connectivity index is 2.37. The second-order valence-electron chi connectivity index (χ2n) is 4.31. The summed E-state index contributed by atoms with van der Waals surface area (Å²) < 4.78 is 49.0. The molecule has 0 radical (unpaired) electrons. The fourth-order valence-corrected chi connectivity index (χ4v) is 2.46. The number of hydrogen-bond donors (Lipinski definition) is 1. The van der Waals surface area contributed by atoms with Gasteiger partial charge in [-0.1, -0.05) is 0 Å². The quantitative estimate of drug-likeness (QED) is 0.870. The molecule has 0 aromatic heterocycles. The van der Waals surface area contributed by atoms with Gasteiger partial charge in [-0.25, -0.2) is 17.2 Å². The van der Waals surface area contributed by atoms with E-state index in [1.54, 1.807) is 0 Å². The monoisotopic (exact) mass is 309 g/mol. The van der Waals surface area contributed by atoms with E-state index >= 15 is 0 Å². The molecule has 0 aliphatic heterocycles. The van der Waals surface area contributed by atoms with E-state index in [0.717, 1.165) is 25.3 Å². The molecular weight excluding hydrogens is 300 g/mol. The van der Waals surface area contributed by atoms with Gasteiger partial charge in [0.15, 0.2) is 11.6 Å². The van der Waals surface area contributed by atoms with Crippen LogP contribution in [-0.4, -0.2) is 20.4 Å². The number of hydrogen-bond acceptors (Lipinski definition) is 3. The molecule has 104 valence electrons. The van der Waals surface area contributed by atoms with E-state index in [4.69, 9.17) is 10.7 Å². The van der Waals surface area contributed by atoms with Crippen LogP contribution in [0.15, 0.2) is 17.0 Å². The molecule has 0 unspecified atom stereocenters. The molecule has 1 aromatic rings. The molecular formula is C11H10ClF2NO3S. The molecule has 1 aromatic carbocycles. The second-order valence-corrected chi connectivity index (χ2v) is 6.87. The molecule has 1 aliphatic carbocycles. The maximum Gasteiger partial charge on any atom is 0.261 e. The van der Waals surface area contributed by atoms with Crippen LogP contribution < -0.4 is 5.32 Å². The smallest absolute Gasteiger partial charge is 0.261 e. The maximum absolute atomic E-state index is 13.5. The highest BCUT2D eigenvalue weighted by atomic mass is 35.7. The van der Waals surface area contributed by atoms with Gasteiger partial charge in [0.25, 0.3) is 15.0 Å². The first kappa shape index (κ1) is 14.2. The first-order valence-corrected chi connectivity index (χ1v) is 7.84. The number of halogens is 3. The fraction of sp³-hybridized carbons (Fsp3) is 0.364. The minimum atomic E-state index is -4.23. The van der Waals surface area contributed by atoms with Crippen LogP contribution in [0, 0.1) is 11.6 Å². The van der Waals surface area contributed by atoms with Crippen LogP contribution in [0.1, 0.15) is 29.6 Å². The molecule has 4 nitrogen and oxygen atoms in total. The van der Waals surface area contributed by atoms with Gasteiger partial charge in [-0.15, -0.1) is 0 Å². The zero-order valence-corrected chi connectivity index (χ0v) is 11.2. The number of amides is 1. The van der Waals surface area contributed by atoms with E-state index in [1.807, 2.05) is 0 Å². The second kappa shape index (κ2) is 5.05. The summed E-state index contributed by atoms with van der Waals surface area (Å²) in [6.45, 7) is 0. The summed E-state index contributed by atoms with van der Waals surface area (Å²) in [5.41, 5.74) is -0.661. The Morgan fingerprint density at radius 3 is 2.42 bits per heavy atom. The number of carbonyl (C=O) groups is 1. The first-order valence-electron chi connectivity index (χ1n) is 5.53. The van der Waals surface area contributed by atoms with Crippen LogP contribution >= 0.6 is 10.7 Å². The zero-order valence-electron chi connectivity index (χ0n) is 9.62. The van der Waals surface area contributed by atoms with Crippen molar-refractivity contribution in [2.45, 2.75) is 30.2 Å². The third kappa shape index (κ3) is 3.03. The molecule has 1 fully saturated rings. The molecule has 0 saturated heterocycles. The highest BCUT2D eigenvalue weighted by Crippen LogP contribution is 2.23. The Bertz CT molecular complexity index is 629. The minimum Gasteiger partial charge on any atom is -0.349 e. The summed E-state index contributed by atoms with van der Waals surface area (Å²) in [5, 5.41) is 2.50. The average Bonchev–Trinajstić information content (AvgIpc) is 2.25. The molecule has 19 heavy (non-hydrogen) atoms. The Hall–Kier alpha value is -1.21. The van der Waals surface area contributed by atoms with Gasteiger partial charge in [0.1, 0.15) is 0 Å². The van der Waals surface area contributed by atoms with E-state index in [9.17, 15) is 22.0 Å². The van der Waals surface area contributed by atoms with Crippen molar-refractivity contribution >= 4 is 25.6 Å². The van der Waals surface area contributed by atoms with Crippen LogP contribution in [0.25, 0.3) is 0 Å². The van der Waals surface area contributed by atoms with E-state index in [2.05, 4.69) is 5.32 Å². The highest BCUT2D eigenvalue weighted by Gasteiger charge is 2.25. The van der Waals surface area contributed by atoms with Gasteiger partial charge in [-0.05, 0) is 31.4 Å². The van der Waals surface area contributed by atoms with E-state index < -0.39 is 37.1 Å². The normalized spacial score (nSPS) is 15.9. The van der Waals surface area contributed by atoms with Gasteiger partial charge >= 0.3 is 0 Å². The summed E-state index contributed by atoms with van der Waals surface area (Å²) in [6, 6.07) is 1.10. The summed E-state index contributed by atoms with van der Waals surface area (Å²) in [5.74, 6) is -3.66. The fourth-order valence-electron chi connectivity index (χ4n) is 1.69. The minimum absolute atomic E-state index is 0.0776. The van der Waals surface area contributed by atoms with Crippen LogP contribution in [-0.2, 0) is 9.05 Å². The zero-order chi connectivity index (χ0) is 14.2. The molecule has 1 aliphatic rings. The lowest BCUT2D eigenvalue weighted by atomic mass is 9.93. The van der Waals surface area contributed by atoms with Crippen LogP contribution in [0.2, 0.25) is 0 Å². The van der Waals surface area contributed by atoms with Crippen molar-refractivity contribution in [2.75, 3.05) is 0 Å². The van der Waals surface area contributed by atoms with E-state index in [1.165, 1.54) is 0 Å². The topological polar surface area (TPSA) is 63.2 Å². The molecule has 0 spiro atoms. The Labute approximate surface area is 113 Å². The third-order valence-electron chi connectivity index (χ3n) is 2.97. The lowest BCUT2D eigenvalue weighted by Gasteiger charge is -2.26. The van der Waals surface area contributed by atoms with Crippen molar-refractivity contribution in [1.82, 2.24) is 5.32 Å². The predicted octanol–water partition coefficient (Wildman–Crippen LogP) is 2.17. The SMILES string of the molecule is O=C(NC1CCC1)c1cc(S(=O)(=O)Cl)cc(F)c1F. The lowest BCUT2D eigenvalue weighted by molar-refractivity contribution is 0.0911. The molecule has 1 N–H and O–H groups in total. The van der Waals surface area contributed by atoms with Crippen molar-refractivity contribution < 1.29 is 22.0 Å². The predicted molar refractivity (Wildman–Crippen MR) is 64.5 cm³/mol. The van der Waals surface area contributed by atoms with Crippen molar-refractivity contribution in [3.63, 3.8) is 0 Å². The Morgan fingerprint density at radius 1 is 1.32 bits per heavy atom. The summed E-state index contributed by atoms with van der Waals surface area (Å²) >= 11 is 0. The number of rotatable bonds is 3. The van der Waals surface area contributed by atoms with E-state index in [0.29, 0.717) is 6.07 Å². The van der Waals surface area contributed by atoms with Gasteiger partial charge < -0.3 is 5.32 Å². The van der Waals surface area contributed by atoms with Gasteiger partial charge in [0.2, 0.25) is 0 Å². The van der Waals surface area contributed by atoms with Gasteiger partial charge in [0.05, 0.1) is 10.5 Å². The molecule has 0 heterocycles.